The van der Waals surface area contributed by atoms with Crippen LogP contribution < -0.4 is 15.8 Å². The molecule has 1 saturated carbocycles. The highest BCUT2D eigenvalue weighted by Gasteiger charge is 2.23. The quantitative estimate of drug-likeness (QED) is 0.855. The number of primary amides is 1. The lowest BCUT2D eigenvalue weighted by Gasteiger charge is -2.12. The van der Waals surface area contributed by atoms with Crippen molar-refractivity contribution in [2.45, 2.75) is 12.8 Å². The van der Waals surface area contributed by atoms with Crippen LogP contribution in [0.15, 0.2) is 42.5 Å². The van der Waals surface area contributed by atoms with Gasteiger partial charge in [-0.1, -0.05) is 12.1 Å². The van der Waals surface area contributed by atoms with Gasteiger partial charge in [-0.3, -0.25) is 9.59 Å². The van der Waals surface area contributed by atoms with E-state index in [0.29, 0.717) is 23.8 Å². The number of hydrogen-bond acceptors (Lipinski definition) is 3. The van der Waals surface area contributed by atoms with Gasteiger partial charge in [-0.15, -0.1) is 0 Å². The Labute approximate surface area is 138 Å². The summed E-state index contributed by atoms with van der Waals surface area (Å²) >= 11 is 0. The Kier molecular flexibility index (Phi) is 4.46. The Morgan fingerprint density at radius 3 is 2.62 bits per heavy atom. The van der Waals surface area contributed by atoms with Crippen molar-refractivity contribution < 1.29 is 18.7 Å². The zero-order valence-corrected chi connectivity index (χ0v) is 12.9. The Bertz CT molecular complexity index is 788. The van der Waals surface area contributed by atoms with E-state index in [2.05, 4.69) is 5.32 Å². The molecule has 0 atom stereocenters. The fourth-order valence-electron chi connectivity index (χ4n) is 2.26. The number of ether oxygens (including phenoxy) is 1. The molecule has 24 heavy (non-hydrogen) atoms. The van der Waals surface area contributed by atoms with Crippen LogP contribution in [0.1, 0.15) is 33.6 Å². The molecular formula is C18H17FN2O3. The average Bonchev–Trinajstić information content (AvgIpc) is 3.39. The summed E-state index contributed by atoms with van der Waals surface area (Å²) in [5.41, 5.74) is 5.50. The standard InChI is InChI=1S/C18H17FN2O3/c19-15-8-7-12(9-14(15)17(20)22)21-18(23)13-3-1-2-4-16(13)24-10-11-5-6-11/h1-4,7-9,11H,5-6,10H2,(H2,20,22)(H,21,23). The fourth-order valence-corrected chi connectivity index (χ4v) is 2.26. The average molecular weight is 328 g/mol. The van der Waals surface area contributed by atoms with Crippen LogP contribution >= 0.6 is 0 Å². The number of halogens is 1. The second kappa shape index (κ2) is 6.70. The summed E-state index contributed by atoms with van der Waals surface area (Å²) < 4.78 is 19.2. The molecule has 3 N–H and O–H groups in total. The van der Waals surface area contributed by atoms with E-state index >= 15 is 0 Å². The maximum atomic E-state index is 13.5. The molecule has 0 unspecified atom stereocenters. The van der Waals surface area contributed by atoms with Crippen LogP contribution in [0.2, 0.25) is 0 Å². The minimum Gasteiger partial charge on any atom is -0.492 e. The first kappa shape index (κ1) is 16.0. The molecule has 1 aliphatic rings. The van der Waals surface area contributed by atoms with E-state index in [0.717, 1.165) is 18.9 Å². The topological polar surface area (TPSA) is 81.4 Å². The number of para-hydroxylation sites is 1. The van der Waals surface area contributed by atoms with E-state index in [1.54, 1.807) is 24.3 Å². The lowest BCUT2D eigenvalue weighted by atomic mass is 10.1. The molecule has 0 spiro atoms. The first-order valence-corrected chi connectivity index (χ1v) is 7.67. The zero-order valence-electron chi connectivity index (χ0n) is 12.9. The monoisotopic (exact) mass is 328 g/mol. The van der Waals surface area contributed by atoms with Crippen molar-refractivity contribution in [3.63, 3.8) is 0 Å². The summed E-state index contributed by atoms with van der Waals surface area (Å²) in [6, 6.07) is 10.6. The molecule has 0 saturated heterocycles. The fraction of sp³-hybridized carbons (Fsp3) is 0.222. The summed E-state index contributed by atoms with van der Waals surface area (Å²) in [5, 5.41) is 2.63. The summed E-state index contributed by atoms with van der Waals surface area (Å²) in [4.78, 5) is 23.6. The van der Waals surface area contributed by atoms with Gasteiger partial charge >= 0.3 is 0 Å². The smallest absolute Gasteiger partial charge is 0.259 e. The van der Waals surface area contributed by atoms with Gasteiger partial charge in [0.1, 0.15) is 11.6 Å². The molecule has 3 rings (SSSR count). The number of carbonyl (C=O) groups excluding carboxylic acids is 2. The van der Waals surface area contributed by atoms with Gasteiger partial charge in [-0.25, -0.2) is 4.39 Å². The Balaban J connectivity index is 1.77. The SMILES string of the molecule is NC(=O)c1cc(NC(=O)c2ccccc2OCC2CC2)ccc1F. The van der Waals surface area contributed by atoms with E-state index in [-0.39, 0.29) is 11.3 Å². The molecule has 0 aliphatic heterocycles. The number of hydrogen-bond donors (Lipinski definition) is 2. The maximum Gasteiger partial charge on any atom is 0.259 e. The third-order valence-corrected chi connectivity index (χ3v) is 3.79. The van der Waals surface area contributed by atoms with Gasteiger partial charge in [0, 0.05) is 5.69 Å². The lowest BCUT2D eigenvalue weighted by molar-refractivity contribution is 0.0992. The highest BCUT2D eigenvalue weighted by molar-refractivity contribution is 6.06. The van der Waals surface area contributed by atoms with E-state index in [1.807, 2.05) is 0 Å². The maximum absolute atomic E-state index is 13.5. The number of benzene rings is 2. The molecule has 0 aromatic heterocycles. The van der Waals surface area contributed by atoms with Gasteiger partial charge in [0.15, 0.2) is 0 Å². The van der Waals surface area contributed by atoms with Gasteiger partial charge in [0.05, 0.1) is 17.7 Å². The molecular weight excluding hydrogens is 311 g/mol. The van der Waals surface area contributed by atoms with Gasteiger partial charge in [-0.2, -0.15) is 0 Å². The first-order chi connectivity index (χ1) is 11.5. The predicted octanol–water partition coefficient (Wildman–Crippen LogP) is 2.97. The molecule has 0 radical (unpaired) electrons. The van der Waals surface area contributed by atoms with Crippen LogP contribution in [0, 0.1) is 11.7 Å². The predicted molar refractivity (Wildman–Crippen MR) is 87.5 cm³/mol. The molecule has 0 bridgehead atoms. The van der Waals surface area contributed by atoms with Crippen LogP contribution in [0.5, 0.6) is 5.75 Å². The van der Waals surface area contributed by atoms with Crippen molar-refractivity contribution in [1.82, 2.24) is 0 Å². The highest BCUT2D eigenvalue weighted by Crippen LogP contribution is 2.30. The number of anilines is 1. The third kappa shape index (κ3) is 3.71. The largest absolute Gasteiger partial charge is 0.492 e. The summed E-state index contributed by atoms with van der Waals surface area (Å²) in [6.45, 7) is 0.590. The Morgan fingerprint density at radius 2 is 1.92 bits per heavy atom. The molecule has 2 aromatic rings. The van der Waals surface area contributed by atoms with Crippen molar-refractivity contribution in [2.75, 3.05) is 11.9 Å². The summed E-state index contributed by atoms with van der Waals surface area (Å²) in [6.07, 6.45) is 2.31. The Hall–Kier alpha value is -2.89. The molecule has 124 valence electrons. The van der Waals surface area contributed by atoms with Crippen LogP contribution in [0.25, 0.3) is 0 Å². The third-order valence-electron chi connectivity index (χ3n) is 3.79. The van der Waals surface area contributed by atoms with Crippen molar-refractivity contribution in [2.24, 2.45) is 11.7 Å². The minimum absolute atomic E-state index is 0.272. The normalized spacial score (nSPS) is 13.4. The molecule has 1 aliphatic carbocycles. The second-order valence-corrected chi connectivity index (χ2v) is 5.76. The molecule has 1 fully saturated rings. The highest BCUT2D eigenvalue weighted by atomic mass is 19.1. The summed E-state index contributed by atoms with van der Waals surface area (Å²) in [7, 11) is 0. The summed E-state index contributed by atoms with van der Waals surface area (Å²) in [5.74, 6) is -0.954. The molecule has 5 nitrogen and oxygen atoms in total. The minimum atomic E-state index is -0.892. The molecule has 2 amide bonds. The first-order valence-electron chi connectivity index (χ1n) is 7.67. The van der Waals surface area contributed by atoms with Crippen molar-refractivity contribution in [1.29, 1.82) is 0 Å². The van der Waals surface area contributed by atoms with E-state index in [9.17, 15) is 14.0 Å². The van der Waals surface area contributed by atoms with Gasteiger partial charge in [-0.05, 0) is 49.1 Å². The zero-order chi connectivity index (χ0) is 17.1. The van der Waals surface area contributed by atoms with Crippen LogP contribution in [0.4, 0.5) is 10.1 Å². The van der Waals surface area contributed by atoms with Crippen LogP contribution in [-0.2, 0) is 0 Å². The van der Waals surface area contributed by atoms with Crippen LogP contribution in [0.3, 0.4) is 0 Å². The lowest BCUT2D eigenvalue weighted by Crippen LogP contribution is -2.16. The molecule has 6 heteroatoms. The van der Waals surface area contributed by atoms with Crippen molar-refractivity contribution in [3.8, 4) is 5.75 Å². The van der Waals surface area contributed by atoms with E-state index in [1.165, 1.54) is 12.1 Å². The second-order valence-electron chi connectivity index (χ2n) is 5.76. The van der Waals surface area contributed by atoms with Crippen molar-refractivity contribution in [3.05, 3.63) is 59.4 Å². The van der Waals surface area contributed by atoms with E-state index < -0.39 is 17.6 Å². The van der Waals surface area contributed by atoms with E-state index in [4.69, 9.17) is 10.5 Å². The van der Waals surface area contributed by atoms with Gasteiger partial charge in [0.2, 0.25) is 0 Å². The number of rotatable bonds is 6. The van der Waals surface area contributed by atoms with Gasteiger partial charge < -0.3 is 15.8 Å². The van der Waals surface area contributed by atoms with Crippen molar-refractivity contribution >= 4 is 17.5 Å². The van der Waals surface area contributed by atoms with Crippen LogP contribution in [-0.4, -0.2) is 18.4 Å². The molecule has 2 aromatic carbocycles. The number of amides is 2. The number of nitrogens with one attached hydrogen (secondary N) is 1. The van der Waals surface area contributed by atoms with Gasteiger partial charge in [0.25, 0.3) is 11.8 Å². The Morgan fingerprint density at radius 1 is 1.17 bits per heavy atom. The number of nitrogens with two attached hydrogens (primary N) is 1. The molecule has 0 heterocycles. The number of carbonyl (C=O) groups is 2.